The fraction of sp³-hybridized carbons (Fsp3) is 0.273. The topological polar surface area (TPSA) is 46.6 Å². The fourth-order valence-corrected chi connectivity index (χ4v) is 1.78. The molecule has 0 aromatic heterocycles. The van der Waals surface area contributed by atoms with Gasteiger partial charge >= 0.3 is 0 Å². The third-order valence-electron chi connectivity index (χ3n) is 2.47. The Hall–Kier alpha value is -1.39. The molecule has 4 nitrogen and oxygen atoms in total. The van der Waals surface area contributed by atoms with Crippen LogP contribution in [0.4, 0.5) is 5.69 Å². The number of benzene rings is 1. The molecular formula is C11H10ClNO3. The monoisotopic (exact) mass is 239 g/mol. The van der Waals surface area contributed by atoms with E-state index in [1.165, 1.54) is 7.11 Å². The van der Waals surface area contributed by atoms with Gasteiger partial charge in [0.05, 0.1) is 12.1 Å². The van der Waals surface area contributed by atoms with Crippen LogP contribution < -0.4 is 4.90 Å². The molecule has 16 heavy (non-hydrogen) atoms. The van der Waals surface area contributed by atoms with Crippen LogP contribution in [-0.4, -0.2) is 25.0 Å². The van der Waals surface area contributed by atoms with E-state index in [0.29, 0.717) is 10.7 Å². The van der Waals surface area contributed by atoms with Crippen LogP contribution in [0.2, 0.25) is 5.02 Å². The van der Waals surface area contributed by atoms with Crippen LogP contribution in [0.15, 0.2) is 24.3 Å². The molecule has 0 radical (unpaired) electrons. The van der Waals surface area contributed by atoms with Gasteiger partial charge in [0.2, 0.25) is 5.91 Å². The lowest BCUT2D eigenvalue weighted by Crippen LogP contribution is -2.32. The highest BCUT2D eigenvalue weighted by atomic mass is 35.5. The second-order valence-electron chi connectivity index (χ2n) is 3.47. The van der Waals surface area contributed by atoms with Crippen LogP contribution in [0.5, 0.6) is 0 Å². The molecule has 1 saturated heterocycles. The van der Waals surface area contributed by atoms with E-state index in [-0.39, 0.29) is 18.2 Å². The zero-order valence-corrected chi connectivity index (χ0v) is 9.40. The minimum atomic E-state index is -0.664. The van der Waals surface area contributed by atoms with E-state index in [1.807, 2.05) is 0 Å². The van der Waals surface area contributed by atoms with Crippen molar-refractivity contribution in [2.45, 2.75) is 12.5 Å². The van der Waals surface area contributed by atoms with Gasteiger partial charge in [0.25, 0.3) is 5.91 Å². The van der Waals surface area contributed by atoms with Gasteiger partial charge < -0.3 is 4.74 Å². The summed E-state index contributed by atoms with van der Waals surface area (Å²) in [6, 6.07) is 6.54. The molecular weight excluding hydrogens is 230 g/mol. The SMILES string of the molecule is CO[C@@H]1CC(=O)N(c2ccc(Cl)cc2)C1=O. The van der Waals surface area contributed by atoms with Gasteiger partial charge in [0.1, 0.15) is 6.10 Å². The number of hydrogen-bond donors (Lipinski definition) is 0. The summed E-state index contributed by atoms with van der Waals surface area (Å²) in [5, 5.41) is 0.561. The lowest BCUT2D eigenvalue weighted by molar-refractivity contribution is -0.125. The lowest BCUT2D eigenvalue weighted by atomic mass is 10.3. The second kappa shape index (κ2) is 4.23. The summed E-state index contributed by atoms with van der Waals surface area (Å²) in [6.45, 7) is 0. The van der Waals surface area contributed by atoms with E-state index >= 15 is 0 Å². The maximum atomic E-state index is 11.8. The molecule has 1 heterocycles. The molecule has 0 bridgehead atoms. The predicted octanol–water partition coefficient (Wildman–Crippen LogP) is 1.62. The summed E-state index contributed by atoms with van der Waals surface area (Å²) in [7, 11) is 1.42. The van der Waals surface area contributed by atoms with Crippen molar-refractivity contribution in [3.8, 4) is 0 Å². The number of methoxy groups -OCH3 is 1. The highest BCUT2D eigenvalue weighted by Gasteiger charge is 2.39. The molecule has 84 valence electrons. The first-order valence-electron chi connectivity index (χ1n) is 4.78. The number of ether oxygens (including phenoxy) is 1. The Morgan fingerprint density at radius 2 is 1.94 bits per heavy atom. The summed E-state index contributed by atoms with van der Waals surface area (Å²) in [6.07, 6.45) is -0.569. The Morgan fingerprint density at radius 1 is 1.31 bits per heavy atom. The van der Waals surface area contributed by atoms with Gasteiger partial charge in [0, 0.05) is 12.1 Å². The summed E-state index contributed by atoms with van der Waals surface area (Å²) in [4.78, 5) is 24.5. The first-order chi connectivity index (χ1) is 7.63. The number of rotatable bonds is 2. The molecule has 1 fully saturated rings. The quantitative estimate of drug-likeness (QED) is 0.737. The van der Waals surface area contributed by atoms with Gasteiger partial charge in [-0.1, -0.05) is 11.6 Å². The molecule has 2 amide bonds. The molecule has 0 spiro atoms. The minimum Gasteiger partial charge on any atom is -0.371 e. The second-order valence-corrected chi connectivity index (χ2v) is 3.91. The van der Waals surface area contributed by atoms with Crippen LogP contribution in [0.3, 0.4) is 0 Å². The van der Waals surface area contributed by atoms with Gasteiger partial charge in [-0.2, -0.15) is 0 Å². The predicted molar refractivity (Wildman–Crippen MR) is 59.4 cm³/mol. The van der Waals surface area contributed by atoms with E-state index in [4.69, 9.17) is 16.3 Å². The smallest absolute Gasteiger partial charge is 0.263 e. The van der Waals surface area contributed by atoms with E-state index in [9.17, 15) is 9.59 Å². The number of halogens is 1. The molecule has 5 heteroatoms. The molecule has 0 aliphatic carbocycles. The average molecular weight is 240 g/mol. The Kier molecular flexibility index (Phi) is 2.94. The first kappa shape index (κ1) is 11.1. The van der Waals surface area contributed by atoms with Crippen molar-refractivity contribution in [3.63, 3.8) is 0 Å². The van der Waals surface area contributed by atoms with Gasteiger partial charge in [-0.15, -0.1) is 0 Å². The molecule has 1 aliphatic rings. The number of carbonyl (C=O) groups is 2. The standard InChI is InChI=1S/C11H10ClNO3/c1-16-9-6-10(14)13(11(9)15)8-4-2-7(12)3-5-8/h2-5,9H,6H2,1H3/t9-/m1/s1. The van der Waals surface area contributed by atoms with Crippen molar-refractivity contribution in [1.29, 1.82) is 0 Å². The Morgan fingerprint density at radius 3 is 2.44 bits per heavy atom. The molecule has 2 rings (SSSR count). The van der Waals surface area contributed by atoms with Gasteiger partial charge in [0.15, 0.2) is 0 Å². The maximum Gasteiger partial charge on any atom is 0.263 e. The third-order valence-corrected chi connectivity index (χ3v) is 2.73. The van der Waals surface area contributed by atoms with E-state index < -0.39 is 6.10 Å². The van der Waals surface area contributed by atoms with Crippen molar-refractivity contribution >= 4 is 29.1 Å². The zero-order chi connectivity index (χ0) is 11.7. The molecule has 1 aromatic carbocycles. The first-order valence-corrected chi connectivity index (χ1v) is 5.16. The fourth-order valence-electron chi connectivity index (χ4n) is 1.65. The highest BCUT2D eigenvalue weighted by molar-refractivity contribution is 6.30. The van der Waals surface area contributed by atoms with Crippen LogP contribution in [0.1, 0.15) is 6.42 Å². The van der Waals surface area contributed by atoms with E-state index in [0.717, 1.165) is 4.90 Å². The number of hydrogen-bond acceptors (Lipinski definition) is 3. The van der Waals surface area contributed by atoms with Crippen LogP contribution in [-0.2, 0) is 14.3 Å². The summed E-state index contributed by atoms with van der Waals surface area (Å²) in [5.41, 5.74) is 0.527. The largest absolute Gasteiger partial charge is 0.371 e. The number of imide groups is 1. The Bertz CT molecular complexity index is 429. The molecule has 1 atom stereocenters. The number of nitrogens with zero attached hydrogens (tertiary/aromatic N) is 1. The van der Waals surface area contributed by atoms with Crippen molar-refractivity contribution in [2.24, 2.45) is 0 Å². The average Bonchev–Trinajstić information content (AvgIpc) is 2.56. The number of amides is 2. The van der Waals surface area contributed by atoms with Gasteiger partial charge in [-0.05, 0) is 24.3 Å². The number of carbonyl (C=O) groups excluding carboxylic acids is 2. The van der Waals surface area contributed by atoms with Gasteiger partial charge in [-0.25, -0.2) is 4.90 Å². The van der Waals surface area contributed by atoms with Crippen LogP contribution in [0.25, 0.3) is 0 Å². The third kappa shape index (κ3) is 1.81. The van der Waals surface area contributed by atoms with Crippen molar-refractivity contribution < 1.29 is 14.3 Å². The minimum absolute atomic E-state index is 0.0952. The molecule has 0 saturated carbocycles. The normalized spacial score (nSPS) is 20.6. The Labute approximate surface area is 97.7 Å². The maximum absolute atomic E-state index is 11.8. The van der Waals surface area contributed by atoms with Crippen LogP contribution >= 0.6 is 11.6 Å². The van der Waals surface area contributed by atoms with Gasteiger partial charge in [-0.3, -0.25) is 9.59 Å². The van der Waals surface area contributed by atoms with Crippen molar-refractivity contribution in [1.82, 2.24) is 0 Å². The van der Waals surface area contributed by atoms with Crippen molar-refractivity contribution in [3.05, 3.63) is 29.3 Å². The summed E-state index contributed by atoms with van der Waals surface area (Å²) in [5.74, 6) is -0.575. The van der Waals surface area contributed by atoms with E-state index in [1.54, 1.807) is 24.3 Å². The van der Waals surface area contributed by atoms with Crippen molar-refractivity contribution in [2.75, 3.05) is 12.0 Å². The van der Waals surface area contributed by atoms with Crippen LogP contribution in [0, 0.1) is 0 Å². The molecule has 0 N–H and O–H groups in total. The zero-order valence-electron chi connectivity index (χ0n) is 8.64. The molecule has 0 unspecified atom stereocenters. The highest BCUT2D eigenvalue weighted by Crippen LogP contribution is 2.25. The van der Waals surface area contributed by atoms with E-state index in [2.05, 4.69) is 0 Å². The summed E-state index contributed by atoms with van der Waals surface area (Å²) < 4.78 is 4.93. The number of anilines is 1. The lowest BCUT2D eigenvalue weighted by Gasteiger charge is -2.14. The molecule has 1 aliphatic heterocycles. The molecule has 1 aromatic rings. The summed E-state index contributed by atoms with van der Waals surface area (Å²) >= 11 is 5.73. The Balaban J connectivity index is 2.31.